The van der Waals surface area contributed by atoms with Crippen LogP contribution >= 0.6 is 0 Å². The zero-order valence-electron chi connectivity index (χ0n) is 22.8. The molecule has 3 heterocycles. The molecule has 6 aromatic carbocycles. The highest BCUT2D eigenvalue weighted by molar-refractivity contribution is 6.13. The van der Waals surface area contributed by atoms with Gasteiger partial charge in [0.25, 0.3) is 0 Å². The second-order valence-corrected chi connectivity index (χ2v) is 10.8. The average Bonchev–Trinajstić information content (AvgIpc) is 3.33. The minimum absolute atomic E-state index is 0.903. The maximum atomic E-state index is 5.19. The Balaban J connectivity index is 1.45. The molecule has 8 aromatic rings. The summed E-state index contributed by atoms with van der Waals surface area (Å²) in [4.78, 5) is 7.52. The molecular weight excluding hydrogens is 510 g/mol. The number of hydrogen-bond donors (Lipinski definition) is 0. The first-order chi connectivity index (χ1) is 20.9. The van der Waals surface area contributed by atoms with E-state index >= 15 is 0 Å². The summed E-state index contributed by atoms with van der Waals surface area (Å²) in [5.74, 6) is 0.903. The summed E-state index contributed by atoms with van der Waals surface area (Å²) in [6.45, 7) is 0. The van der Waals surface area contributed by atoms with Crippen molar-refractivity contribution < 1.29 is 0 Å². The van der Waals surface area contributed by atoms with Gasteiger partial charge in [0, 0.05) is 32.8 Å². The van der Waals surface area contributed by atoms with Gasteiger partial charge >= 0.3 is 0 Å². The van der Waals surface area contributed by atoms with Crippen LogP contribution < -0.4 is 4.90 Å². The fourth-order valence-corrected chi connectivity index (χ4v) is 6.73. The molecule has 0 saturated carbocycles. The van der Waals surface area contributed by atoms with Crippen LogP contribution in [0.5, 0.6) is 0 Å². The summed E-state index contributed by atoms with van der Waals surface area (Å²) in [5, 5.41) is 4.82. The molecule has 1 aliphatic heterocycles. The van der Waals surface area contributed by atoms with Crippen molar-refractivity contribution >= 4 is 49.8 Å². The minimum Gasteiger partial charge on any atom is -0.308 e. The number of hydrogen-bond acceptors (Lipinski definition) is 2. The summed E-state index contributed by atoms with van der Waals surface area (Å²) >= 11 is 0. The van der Waals surface area contributed by atoms with E-state index in [-0.39, 0.29) is 0 Å². The largest absolute Gasteiger partial charge is 0.308 e. The van der Waals surface area contributed by atoms with E-state index in [1.54, 1.807) is 0 Å². The fraction of sp³-hybridized carbons (Fsp3) is 0. The topological polar surface area (TPSA) is 21.1 Å². The number of para-hydroxylation sites is 4. The van der Waals surface area contributed by atoms with Crippen molar-refractivity contribution in [3.8, 4) is 28.1 Å². The lowest BCUT2D eigenvalue weighted by Gasteiger charge is -2.26. The number of pyridine rings is 1. The summed E-state index contributed by atoms with van der Waals surface area (Å²) in [5.41, 5.74) is 10.4. The van der Waals surface area contributed by atoms with Gasteiger partial charge in [-0.25, -0.2) is 4.98 Å². The van der Waals surface area contributed by atoms with Gasteiger partial charge in [-0.05, 0) is 47.9 Å². The molecular formula is C39H25N3. The molecule has 0 fully saturated rings. The Bertz CT molecular complexity index is 2320. The van der Waals surface area contributed by atoms with E-state index in [9.17, 15) is 0 Å². The smallest absolute Gasteiger partial charge is 0.138 e. The Hall–Kier alpha value is -5.67. The van der Waals surface area contributed by atoms with Crippen LogP contribution in [0.1, 0.15) is 0 Å². The number of nitrogens with zero attached hydrogens (tertiary/aromatic N) is 3. The van der Waals surface area contributed by atoms with E-state index < -0.39 is 0 Å². The van der Waals surface area contributed by atoms with Crippen molar-refractivity contribution in [3.05, 3.63) is 152 Å². The van der Waals surface area contributed by atoms with Gasteiger partial charge in [0.2, 0.25) is 0 Å². The molecule has 2 aromatic heterocycles. The molecule has 196 valence electrons. The summed E-state index contributed by atoms with van der Waals surface area (Å²) < 4.78 is 2.47. The van der Waals surface area contributed by atoms with Gasteiger partial charge in [-0.2, -0.15) is 0 Å². The molecule has 1 aliphatic rings. The molecule has 42 heavy (non-hydrogen) atoms. The summed E-state index contributed by atoms with van der Waals surface area (Å²) in [7, 11) is 0. The third kappa shape index (κ3) is 3.25. The molecule has 0 unspecified atom stereocenters. The summed E-state index contributed by atoms with van der Waals surface area (Å²) in [6, 6.07) is 54.2. The van der Waals surface area contributed by atoms with Gasteiger partial charge in [-0.3, -0.25) is 4.90 Å². The molecule has 3 heteroatoms. The second kappa shape index (κ2) is 8.92. The maximum absolute atomic E-state index is 5.19. The number of rotatable bonds is 2. The standard InChI is InChI=1S/C39H25N3/c1-3-15-28-26(12-1)14-11-23-33(28)42-35-21-9-5-17-30(35)38-29-16-4-8-20-34(29)41(36-22-10-6-18-31(36)39(38)42)37-25-24-27-13-2-7-19-32(27)40-37/h1-25H. The number of fused-ring (bicyclic) bond motifs is 9. The van der Waals surface area contributed by atoms with Crippen LogP contribution in [0.15, 0.2) is 152 Å². The Kier molecular flexibility index (Phi) is 4.90. The van der Waals surface area contributed by atoms with E-state index in [1.165, 1.54) is 49.7 Å². The molecule has 0 aliphatic carbocycles. The van der Waals surface area contributed by atoms with Crippen LogP contribution in [-0.4, -0.2) is 9.55 Å². The Morgan fingerprint density at radius 3 is 1.93 bits per heavy atom. The zero-order chi connectivity index (χ0) is 27.6. The fourth-order valence-electron chi connectivity index (χ4n) is 6.73. The SMILES string of the molecule is c1ccc2c(c1)-c1c(n(-c3cccc4ccccc34)c3ccccc13)-c1ccccc1N2c1ccc2ccccc2n1. The summed E-state index contributed by atoms with van der Waals surface area (Å²) in [6.07, 6.45) is 0. The van der Waals surface area contributed by atoms with Crippen LogP contribution in [0, 0.1) is 0 Å². The van der Waals surface area contributed by atoms with Gasteiger partial charge in [0.05, 0.1) is 33.8 Å². The van der Waals surface area contributed by atoms with E-state index in [2.05, 4.69) is 161 Å². The average molecular weight is 536 g/mol. The first-order valence-electron chi connectivity index (χ1n) is 14.3. The predicted molar refractivity (Wildman–Crippen MR) is 175 cm³/mol. The molecule has 0 saturated heterocycles. The predicted octanol–water partition coefficient (Wildman–Crippen LogP) is 10.4. The van der Waals surface area contributed by atoms with Crippen LogP contribution in [0.3, 0.4) is 0 Å². The van der Waals surface area contributed by atoms with E-state index in [1.807, 2.05) is 0 Å². The lowest BCUT2D eigenvalue weighted by atomic mass is 9.98. The van der Waals surface area contributed by atoms with Crippen LogP contribution in [0.2, 0.25) is 0 Å². The lowest BCUT2D eigenvalue weighted by Crippen LogP contribution is -2.12. The lowest BCUT2D eigenvalue weighted by molar-refractivity contribution is 1.15. The highest BCUT2D eigenvalue weighted by Crippen LogP contribution is 2.54. The Morgan fingerprint density at radius 2 is 1.05 bits per heavy atom. The Morgan fingerprint density at radius 1 is 0.429 bits per heavy atom. The molecule has 0 bridgehead atoms. The third-order valence-corrected chi connectivity index (χ3v) is 8.51. The molecule has 3 nitrogen and oxygen atoms in total. The quantitative estimate of drug-likeness (QED) is 0.220. The van der Waals surface area contributed by atoms with Crippen molar-refractivity contribution in [2.45, 2.75) is 0 Å². The van der Waals surface area contributed by atoms with E-state index in [4.69, 9.17) is 4.98 Å². The first kappa shape index (κ1) is 23.1. The Labute approximate surface area is 243 Å². The van der Waals surface area contributed by atoms with Gasteiger partial charge in [0.1, 0.15) is 5.82 Å². The van der Waals surface area contributed by atoms with Crippen LogP contribution in [0.4, 0.5) is 17.2 Å². The van der Waals surface area contributed by atoms with Crippen molar-refractivity contribution in [2.24, 2.45) is 0 Å². The highest BCUT2D eigenvalue weighted by atomic mass is 15.2. The molecule has 0 spiro atoms. The normalized spacial score (nSPS) is 12.2. The third-order valence-electron chi connectivity index (χ3n) is 8.51. The molecule has 0 radical (unpaired) electrons. The second-order valence-electron chi connectivity index (χ2n) is 10.8. The van der Waals surface area contributed by atoms with Gasteiger partial charge < -0.3 is 4.57 Å². The van der Waals surface area contributed by atoms with Gasteiger partial charge in [-0.15, -0.1) is 0 Å². The number of aromatic nitrogens is 2. The van der Waals surface area contributed by atoms with E-state index in [0.29, 0.717) is 0 Å². The number of benzene rings is 6. The van der Waals surface area contributed by atoms with Crippen molar-refractivity contribution in [3.63, 3.8) is 0 Å². The molecule has 9 rings (SSSR count). The van der Waals surface area contributed by atoms with Crippen molar-refractivity contribution in [1.29, 1.82) is 0 Å². The van der Waals surface area contributed by atoms with Crippen LogP contribution in [0.25, 0.3) is 60.6 Å². The monoisotopic (exact) mass is 535 g/mol. The zero-order valence-corrected chi connectivity index (χ0v) is 22.8. The highest BCUT2D eigenvalue weighted by Gasteiger charge is 2.31. The van der Waals surface area contributed by atoms with Gasteiger partial charge in [-0.1, -0.05) is 109 Å². The van der Waals surface area contributed by atoms with E-state index in [0.717, 1.165) is 28.1 Å². The molecule has 0 amide bonds. The van der Waals surface area contributed by atoms with Crippen LogP contribution in [-0.2, 0) is 0 Å². The maximum Gasteiger partial charge on any atom is 0.138 e. The van der Waals surface area contributed by atoms with Crippen molar-refractivity contribution in [2.75, 3.05) is 4.90 Å². The molecule has 0 N–H and O–H groups in total. The number of anilines is 3. The van der Waals surface area contributed by atoms with Crippen molar-refractivity contribution in [1.82, 2.24) is 9.55 Å². The minimum atomic E-state index is 0.903. The van der Waals surface area contributed by atoms with Gasteiger partial charge in [0.15, 0.2) is 0 Å². The first-order valence-corrected chi connectivity index (χ1v) is 14.3. The molecule has 0 atom stereocenters.